The molecule has 112 valence electrons. The molecule has 1 aromatic rings. The molecule has 0 radical (unpaired) electrons. The van der Waals surface area contributed by atoms with Crippen LogP contribution in [0.2, 0.25) is 0 Å². The fraction of sp³-hybridized carbons (Fsp3) is 0.538. The highest BCUT2D eigenvalue weighted by atomic mass is 19.3. The number of anilines is 2. The number of hydrogen-bond donors (Lipinski definition) is 1. The van der Waals surface area contributed by atoms with E-state index in [1.54, 1.807) is 0 Å². The first-order valence-electron chi connectivity index (χ1n) is 6.31. The van der Waals surface area contributed by atoms with Crippen molar-refractivity contribution in [2.24, 2.45) is 0 Å². The molecular formula is C13H17F3N2O2. The van der Waals surface area contributed by atoms with Gasteiger partial charge in [0, 0.05) is 25.2 Å². The van der Waals surface area contributed by atoms with Crippen LogP contribution in [0.3, 0.4) is 0 Å². The summed E-state index contributed by atoms with van der Waals surface area (Å²) in [6.07, 6.45) is -0.0506. The molecular weight excluding hydrogens is 273 g/mol. The van der Waals surface area contributed by atoms with Crippen molar-refractivity contribution in [2.45, 2.75) is 32.7 Å². The molecule has 1 aliphatic heterocycles. The summed E-state index contributed by atoms with van der Waals surface area (Å²) in [6, 6.07) is 2.21. The second kappa shape index (κ2) is 5.78. The zero-order valence-corrected chi connectivity index (χ0v) is 11.3. The summed E-state index contributed by atoms with van der Waals surface area (Å²) < 4.78 is 47.8. The molecule has 2 atom stereocenters. The van der Waals surface area contributed by atoms with Crippen LogP contribution in [0.25, 0.3) is 0 Å². The predicted molar refractivity (Wildman–Crippen MR) is 69.7 cm³/mol. The van der Waals surface area contributed by atoms with Gasteiger partial charge in [0.1, 0.15) is 0 Å². The molecule has 1 saturated heterocycles. The van der Waals surface area contributed by atoms with E-state index in [9.17, 15) is 13.2 Å². The highest BCUT2D eigenvalue weighted by Gasteiger charge is 2.25. The van der Waals surface area contributed by atoms with Crippen LogP contribution in [-0.2, 0) is 4.74 Å². The Labute approximate surface area is 115 Å². The van der Waals surface area contributed by atoms with Gasteiger partial charge in [-0.1, -0.05) is 0 Å². The van der Waals surface area contributed by atoms with Crippen LogP contribution in [0.5, 0.6) is 5.75 Å². The average Bonchev–Trinajstić information content (AvgIpc) is 2.30. The van der Waals surface area contributed by atoms with Gasteiger partial charge in [0.25, 0.3) is 0 Å². The number of nitrogens with zero attached hydrogens (tertiary/aromatic N) is 1. The van der Waals surface area contributed by atoms with Crippen molar-refractivity contribution in [3.8, 4) is 5.75 Å². The molecule has 7 heteroatoms. The Hall–Kier alpha value is -1.63. The van der Waals surface area contributed by atoms with Crippen LogP contribution in [0.4, 0.5) is 24.5 Å². The van der Waals surface area contributed by atoms with E-state index in [1.807, 2.05) is 18.7 Å². The minimum Gasteiger partial charge on any atom is -0.432 e. The number of rotatable bonds is 3. The molecule has 4 nitrogen and oxygen atoms in total. The van der Waals surface area contributed by atoms with Gasteiger partial charge in [0.05, 0.1) is 23.6 Å². The fourth-order valence-electron chi connectivity index (χ4n) is 2.39. The van der Waals surface area contributed by atoms with Crippen molar-refractivity contribution in [1.82, 2.24) is 0 Å². The minimum absolute atomic E-state index is 0.0253. The van der Waals surface area contributed by atoms with Crippen LogP contribution in [0.1, 0.15) is 13.8 Å². The van der Waals surface area contributed by atoms with Crippen molar-refractivity contribution in [1.29, 1.82) is 0 Å². The number of morpholine rings is 1. The van der Waals surface area contributed by atoms with Crippen LogP contribution < -0.4 is 15.4 Å². The van der Waals surface area contributed by atoms with E-state index in [1.165, 1.54) is 6.07 Å². The quantitative estimate of drug-likeness (QED) is 0.869. The molecule has 2 N–H and O–H groups in total. The van der Waals surface area contributed by atoms with Crippen LogP contribution >= 0.6 is 0 Å². The summed E-state index contributed by atoms with van der Waals surface area (Å²) in [4.78, 5) is 1.88. The van der Waals surface area contributed by atoms with Gasteiger partial charge in [-0.3, -0.25) is 0 Å². The Kier molecular flexibility index (Phi) is 4.27. The third kappa shape index (κ3) is 3.27. The smallest absolute Gasteiger partial charge is 0.387 e. The standard InChI is InChI=1S/C13H17F3N2O2/c1-7-5-18(6-8(2)19-7)11-4-12(20-13(15)16)9(14)3-10(11)17/h3-4,7-8,13H,5-6,17H2,1-2H3/t7-,8+. The molecule has 0 spiro atoms. The van der Waals surface area contributed by atoms with Crippen LogP contribution in [-0.4, -0.2) is 31.9 Å². The Morgan fingerprint density at radius 2 is 1.90 bits per heavy atom. The summed E-state index contributed by atoms with van der Waals surface area (Å²) in [5.41, 5.74) is 6.44. The molecule has 0 aliphatic carbocycles. The molecule has 0 amide bonds. The van der Waals surface area contributed by atoms with Gasteiger partial charge in [-0.2, -0.15) is 8.78 Å². The van der Waals surface area contributed by atoms with Gasteiger partial charge in [-0.25, -0.2) is 4.39 Å². The highest BCUT2D eigenvalue weighted by Crippen LogP contribution is 2.33. The maximum Gasteiger partial charge on any atom is 0.387 e. The second-order valence-electron chi connectivity index (χ2n) is 4.88. The Morgan fingerprint density at radius 3 is 2.45 bits per heavy atom. The third-order valence-electron chi connectivity index (χ3n) is 3.06. The number of ether oxygens (including phenoxy) is 2. The van der Waals surface area contributed by atoms with E-state index < -0.39 is 18.2 Å². The van der Waals surface area contributed by atoms with Gasteiger partial charge in [0.15, 0.2) is 11.6 Å². The first-order chi connectivity index (χ1) is 9.36. The molecule has 0 aromatic heterocycles. The minimum atomic E-state index is -3.08. The summed E-state index contributed by atoms with van der Waals surface area (Å²) >= 11 is 0. The lowest BCUT2D eigenvalue weighted by Crippen LogP contribution is -2.45. The van der Waals surface area contributed by atoms with Crippen LogP contribution in [0.15, 0.2) is 12.1 Å². The van der Waals surface area contributed by atoms with Crippen molar-refractivity contribution >= 4 is 11.4 Å². The monoisotopic (exact) mass is 290 g/mol. The molecule has 0 unspecified atom stereocenters. The lowest BCUT2D eigenvalue weighted by Gasteiger charge is -2.37. The summed E-state index contributed by atoms with van der Waals surface area (Å²) in [6.45, 7) is 1.82. The average molecular weight is 290 g/mol. The van der Waals surface area contributed by atoms with Crippen LogP contribution in [0, 0.1) is 5.82 Å². The number of nitrogen functional groups attached to an aromatic ring is 1. The van der Waals surface area contributed by atoms with E-state index in [0.717, 1.165) is 6.07 Å². The summed E-state index contributed by atoms with van der Waals surface area (Å²) in [5.74, 6) is -1.41. The predicted octanol–water partition coefficient (Wildman–Crippen LogP) is 2.62. The molecule has 2 rings (SSSR count). The van der Waals surface area contributed by atoms with Crippen molar-refractivity contribution in [3.05, 3.63) is 17.9 Å². The topological polar surface area (TPSA) is 47.7 Å². The third-order valence-corrected chi connectivity index (χ3v) is 3.06. The van der Waals surface area contributed by atoms with E-state index in [-0.39, 0.29) is 17.9 Å². The fourth-order valence-corrected chi connectivity index (χ4v) is 2.39. The number of benzene rings is 1. The largest absolute Gasteiger partial charge is 0.432 e. The summed E-state index contributed by atoms with van der Waals surface area (Å²) in [7, 11) is 0. The molecule has 1 aliphatic rings. The van der Waals surface area contributed by atoms with Crippen molar-refractivity contribution in [3.63, 3.8) is 0 Å². The molecule has 20 heavy (non-hydrogen) atoms. The second-order valence-corrected chi connectivity index (χ2v) is 4.88. The highest BCUT2D eigenvalue weighted by molar-refractivity contribution is 5.70. The van der Waals surface area contributed by atoms with E-state index >= 15 is 0 Å². The lowest BCUT2D eigenvalue weighted by atomic mass is 10.1. The Balaban J connectivity index is 2.30. The molecule has 1 aromatic carbocycles. The number of alkyl halides is 2. The van der Waals surface area contributed by atoms with Crippen molar-refractivity contribution in [2.75, 3.05) is 23.7 Å². The lowest BCUT2D eigenvalue weighted by molar-refractivity contribution is -0.0522. The van der Waals surface area contributed by atoms with Gasteiger partial charge in [-0.15, -0.1) is 0 Å². The number of halogens is 3. The van der Waals surface area contributed by atoms with Gasteiger partial charge < -0.3 is 20.1 Å². The molecule has 1 heterocycles. The normalized spacial score (nSPS) is 23.2. The van der Waals surface area contributed by atoms with Gasteiger partial charge >= 0.3 is 6.61 Å². The van der Waals surface area contributed by atoms with E-state index in [0.29, 0.717) is 18.8 Å². The SMILES string of the molecule is C[C@@H]1CN(c2cc(OC(F)F)c(F)cc2N)C[C@H](C)O1. The Bertz CT molecular complexity index is 475. The first-order valence-corrected chi connectivity index (χ1v) is 6.31. The molecule has 0 saturated carbocycles. The zero-order valence-electron chi connectivity index (χ0n) is 11.3. The maximum atomic E-state index is 13.5. The molecule has 1 fully saturated rings. The zero-order chi connectivity index (χ0) is 14.9. The number of hydrogen-bond acceptors (Lipinski definition) is 4. The first kappa shape index (κ1) is 14.8. The Morgan fingerprint density at radius 1 is 1.30 bits per heavy atom. The van der Waals surface area contributed by atoms with Crippen molar-refractivity contribution < 1.29 is 22.6 Å². The van der Waals surface area contributed by atoms with E-state index in [4.69, 9.17) is 10.5 Å². The van der Waals surface area contributed by atoms with Gasteiger partial charge in [-0.05, 0) is 13.8 Å². The molecule has 0 bridgehead atoms. The number of nitrogens with two attached hydrogens (primary N) is 1. The van der Waals surface area contributed by atoms with E-state index in [2.05, 4.69) is 4.74 Å². The summed E-state index contributed by atoms with van der Waals surface area (Å²) in [5, 5.41) is 0. The van der Waals surface area contributed by atoms with Gasteiger partial charge in [0.2, 0.25) is 0 Å². The maximum absolute atomic E-state index is 13.5.